The molecule has 0 aliphatic carbocycles. The van der Waals surface area contributed by atoms with Crippen molar-refractivity contribution in [1.82, 2.24) is 0 Å². The largest absolute Gasteiger partial charge is 0.376 e. The molecule has 0 aliphatic heterocycles. The van der Waals surface area contributed by atoms with Gasteiger partial charge < -0.3 is 4.74 Å². The van der Waals surface area contributed by atoms with Crippen LogP contribution in [0.15, 0.2) is 0 Å². The molecular formula is C15H32O. The molecular weight excluding hydrogens is 196 g/mol. The SMILES string of the molecule is CC(C)(C)CC(COC(C)(C)C)C(C)(C)C. The zero-order chi connectivity index (χ0) is 13.2. The highest BCUT2D eigenvalue weighted by molar-refractivity contribution is 4.79. The summed E-state index contributed by atoms with van der Waals surface area (Å²) in [5, 5.41) is 0. The van der Waals surface area contributed by atoms with Crippen molar-refractivity contribution in [2.75, 3.05) is 6.61 Å². The lowest BCUT2D eigenvalue weighted by molar-refractivity contribution is -0.0500. The summed E-state index contributed by atoms with van der Waals surface area (Å²) in [5.41, 5.74) is 0.666. The second-order valence-corrected chi connectivity index (χ2v) is 8.25. The molecule has 0 radical (unpaired) electrons. The van der Waals surface area contributed by atoms with E-state index in [-0.39, 0.29) is 5.60 Å². The number of ether oxygens (including phenoxy) is 1. The van der Waals surface area contributed by atoms with Gasteiger partial charge in [0.1, 0.15) is 0 Å². The molecule has 0 bridgehead atoms. The Bertz CT molecular complexity index is 197. The summed E-state index contributed by atoms with van der Waals surface area (Å²) < 4.78 is 5.96. The zero-order valence-corrected chi connectivity index (χ0v) is 12.9. The molecule has 0 rings (SSSR count). The van der Waals surface area contributed by atoms with Gasteiger partial charge in [0.15, 0.2) is 0 Å². The molecule has 0 aromatic heterocycles. The van der Waals surface area contributed by atoms with Crippen LogP contribution in [0.4, 0.5) is 0 Å². The van der Waals surface area contributed by atoms with Gasteiger partial charge in [-0.2, -0.15) is 0 Å². The Balaban J connectivity index is 4.47. The molecule has 0 aromatic rings. The Morgan fingerprint density at radius 1 is 0.812 bits per heavy atom. The summed E-state index contributed by atoms with van der Waals surface area (Å²) in [6, 6.07) is 0. The molecule has 98 valence electrons. The summed E-state index contributed by atoms with van der Waals surface area (Å²) in [6.45, 7) is 21.1. The fourth-order valence-electron chi connectivity index (χ4n) is 1.70. The summed E-state index contributed by atoms with van der Waals surface area (Å²) in [5.74, 6) is 0.617. The van der Waals surface area contributed by atoms with Crippen LogP contribution in [0.5, 0.6) is 0 Å². The first-order valence-corrected chi connectivity index (χ1v) is 6.45. The lowest BCUT2D eigenvalue weighted by atomic mass is 9.72. The topological polar surface area (TPSA) is 9.23 Å². The highest BCUT2D eigenvalue weighted by Gasteiger charge is 2.30. The molecule has 0 heterocycles. The van der Waals surface area contributed by atoms with Crippen LogP contribution in [0.2, 0.25) is 0 Å². The average molecular weight is 228 g/mol. The summed E-state index contributed by atoms with van der Waals surface area (Å²) in [7, 11) is 0. The second-order valence-electron chi connectivity index (χ2n) is 8.25. The number of rotatable bonds is 3. The van der Waals surface area contributed by atoms with E-state index in [1.165, 1.54) is 6.42 Å². The van der Waals surface area contributed by atoms with Gasteiger partial charge in [0.2, 0.25) is 0 Å². The summed E-state index contributed by atoms with van der Waals surface area (Å²) in [6.07, 6.45) is 1.21. The average Bonchev–Trinajstić information content (AvgIpc) is 1.91. The molecule has 1 nitrogen and oxygen atoms in total. The Morgan fingerprint density at radius 3 is 1.50 bits per heavy atom. The van der Waals surface area contributed by atoms with Gasteiger partial charge in [0, 0.05) is 0 Å². The van der Waals surface area contributed by atoms with E-state index >= 15 is 0 Å². The molecule has 1 atom stereocenters. The predicted octanol–water partition coefficient (Wildman–Crippen LogP) is 4.90. The van der Waals surface area contributed by atoms with E-state index in [1.54, 1.807) is 0 Å². The fraction of sp³-hybridized carbons (Fsp3) is 1.00. The van der Waals surface area contributed by atoms with E-state index in [2.05, 4.69) is 62.3 Å². The van der Waals surface area contributed by atoms with Gasteiger partial charge in [-0.25, -0.2) is 0 Å². The second kappa shape index (κ2) is 5.08. The zero-order valence-electron chi connectivity index (χ0n) is 12.9. The van der Waals surface area contributed by atoms with Gasteiger partial charge in [0.25, 0.3) is 0 Å². The predicted molar refractivity (Wildman–Crippen MR) is 72.7 cm³/mol. The number of hydrogen-bond donors (Lipinski definition) is 0. The standard InChI is InChI=1S/C15H32O/c1-13(2,3)10-12(14(4,5)6)11-16-15(7,8)9/h12H,10-11H2,1-9H3. The monoisotopic (exact) mass is 228 g/mol. The van der Waals surface area contributed by atoms with Crippen molar-refractivity contribution in [3.8, 4) is 0 Å². The Kier molecular flexibility index (Phi) is 5.07. The van der Waals surface area contributed by atoms with E-state index < -0.39 is 0 Å². The molecule has 0 amide bonds. The summed E-state index contributed by atoms with van der Waals surface area (Å²) >= 11 is 0. The maximum atomic E-state index is 5.96. The molecule has 0 aromatic carbocycles. The van der Waals surface area contributed by atoms with E-state index in [0.717, 1.165) is 6.61 Å². The maximum absolute atomic E-state index is 5.96. The highest BCUT2D eigenvalue weighted by Crippen LogP contribution is 2.36. The maximum Gasteiger partial charge on any atom is 0.0598 e. The van der Waals surface area contributed by atoms with Crippen LogP contribution in [0, 0.1) is 16.7 Å². The quantitative estimate of drug-likeness (QED) is 0.667. The molecule has 0 spiro atoms. The van der Waals surface area contributed by atoms with Gasteiger partial charge in [0.05, 0.1) is 12.2 Å². The van der Waals surface area contributed by atoms with Crippen LogP contribution < -0.4 is 0 Å². The van der Waals surface area contributed by atoms with Crippen LogP contribution >= 0.6 is 0 Å². The van der Waals surface area contributed by atoms with Gasteiger partial charge in [-0.05, 0) is 43.9 Å². The molecule has 0 saturated carbocycles. The van der Waals surface area contributed by atoms with E-state index in [9.17, 15) is 0 Å². The number of hydrogen-bond acceptors (Lipinski definition) is 1. The normalized spacial score (nSPS) is 16.3. The molecule has 0 N–H and O–H groups in total. The van der Waals surface area contributed by atoms with Crippen LogP contribution in [0.1, 0.15) is 68.7 Å². The first-order valence-electron chi connectivity index (χ1n) is 6.45. The molecule has 1 unspecified atom stereocenters. The van der Waals surface area contributed by atoms with Crippen molar-refractivity contribution >= 4 is 0 Å². The summed E-state index contributed by atoms with van der Waals surface area (Å²) in [4.78, 5) is 0. The van der Waals surface area contributed by atoms with Gasteiger partial charge in [-0.1, -0.05) is 41.5 Å². The van der Waals surface area contributed by atoms with Crippen molar-refractivity contribution < 1.29 is 4.74 Å². The third-order valence-corrected chi connectivity index (χ3v) is 2.80. The van der Waals surface area contributed by atoms with E-state index in [4.69, 9.17) is 4.74 Å². The van der Waals surface area contributed by atoms with E-state index in [0.29, 0.717) is 16.7 Å². The first-order chi connectivity index (χ1) is 6.81. The molecule has 0 saturated heterocycles. The Morgan fingerprint density at radius 2 is 1.25 bits per heavy atom. The van der Waals surface area contributed by atoms with Crippen molar-refractivity contribution in [2.24, 2.45) is 16.7 Å². The minimum atomic E-state index is -0.0264. The van der Waals surface area contributed by atoms with Gasteiger partial charge >= 0.3 is 0 Å². The Labute approximate surface area is 103 Å². The third kappa shape index (κ3) is 8.15. The minimum absolute atomic E-state index is 0.0264. The van der Waals surface area contributed by atoms with Crippen LogP contribution in [-0.2, 0) is 4.74 Å². The first kappa shape index (κ1) is 16.0. The van der Waals surface area contributed by atoms with Crippen LogP contribution in [0.3, 0.4) is 0 Å². The van der Waals surface area contributed by atoms with Crippen molar-refractivity contribution in [1.29, 1.82) is 0 Å². The van der Waals surface area contributed by atoms with Gasteiger partial charge in [-0.3, -0.25) is 0 Å². The van der Waals surface area contributed by atoms with Crippen molar-refractivity contribution in [2.45, 2.75) is 74.3 Å². The van der Waals surface area contributed by atoms with Crippen LogP contribution in [0.25, 0.3) is 0 Å². The molecule has 0 fully saturated rings. The fourth-order valence-corrected chi connectivity index (χ4v) is 1.70. The lowest BCUT2D eigenvalue weighted by Crippen LogP contribution is -2.33. The lowest BCUT2D eigenvalue weighted by Gasteiger charge is -2.37. The molecule has 0 aliphatic rings. The van der Waals surface area contributed by atoms with E-state index in [1.807, 2.05) is 0 Å². The van der Waals surface area contributed by atoms with Crippen molar-refractivity contribution in [3.63, 3.8) is 0 Å². The smallest absolute Gasteiger partial charge is 0.0598 e. The van der Waals surface area contributed by atoms with Gasteiger partial charge in [-0.15, -0.1) is 0 Å². The molecule has 16 heavy (non-hydrogen) atoms. The van der Waals surface area contributed by atoms with Crippen LogP contribution in [-0.4, -0.2) is 12.2 Å². The highest BCUT2D eigenvalue weighted by atomic mass is 16.5. The minimum Gasteiger partial charge on any atom is -0.376 e. The van der Waals surface area contributed by atoms with Crippen molar-refractivity contribution in [3.05, 3.63) is 0 Å². The molecule has 1 heteroatoms. The Hall–Kier alpha value is -0.0400. The third-order valence-electron chi connectivity index (χ3n) is 2.80.